The zero-order valence-corrected chi connectivity index (χ0v) is 16.2. The van der Waals surface area contributed by atoms with Crippen molar-refractivity contribution in [3.05, 3.63) is 57.8 Å². The number of rotatable bonds is 6. The first-order valence-corrected chi connectivity index (χ1v) is 9.84. The molecule has 1 aromatic heterocycles. The number of nitrogens with two attached hydrogens (primary N) is 1. The fourth-order valence-corrected chi connectivity index (χ4v) is 4.44. The molecule has 0 saturated carbocycles. The fraction of sp³-hybridized carbons (Fsp3) is 0.450. The lowest BCUT2D eigenvalue weighted by atomic mass is 9.80. The molecule has 5 nitrogen and oxygen atoms in total. The molecule has 1 amide bonds. The summed E-state index contributed by atoms with van der Waals surface area (Å²) in [5, 5.41) is 15.7. The second-order valence-corrected chi connectivity index (χ2v) is 8.23. The number of thiophene rings is 1. The van der Waals surface area contributed by atoms with Gasteiger partial charge >= 0.3 is 0 Å². The van der Waals surface area contributed by atoms with Crippen molar-refractivity contribution in [1.29, 1.82) is 0 Å². The molecule has 2 atom stereocenters. The van der Waals surface area contributed by atoms with Crippen molar-refractivity contribution in [3.63, 3.8) is 0 Å². The monoisotopic (exact) mass is 373 g/mol. The predicted molar refractivity (Wildman–Crippen MR) is 105 cm³/mol. The van der Waals surface area contributed by atoms with Gasteiger partial charge in [0.15, 0.2) is 0 Å². The Balaban J connectivity index is 1.82. The largest absolute Gasteiger partial charge is 0.385 e. The average Bonchev–Trinajstić information content (AvgIpc) is 3.10. The van der Waals surface area contributed by atoms with Crippen LogP contribution in [0.25, 0.3) is 0 Å². The molecule has 1 aromatic carbocycles. The third kappa shape index (κ3) is 4.32. The number of likely N-dealkylation sites (N-methyl/N-ethyl adjacent to an activating group) is 1. The maximum absolute atomic E-state index is 11.5. The number of aliphatic hydroxyl groups is 1. The van der Waals surface area contributed by atoms with Crippen molar-refractivity contribution in [2.45, 2.75) is 31.0 Å². The summed E-state index contributed by atoms with van der Waals surface area (Å²) >= 11 is 1.71. The Morgan fingerprint density at radius 2 is 2.23 bits per heavy atom. The molecule has 2 unspecified atom stereocenters. The fourth-order valence-electron chi connectivity index (χ4n) is 3.78. The minimum Gasteiger partial charge on any atom is -0.385 e. The summed E-state index contributed by atoms with van der Waals surface area (Å²) in [6.07, 6.45) is 1.28. The van der Waals surface area contributed by atoms with Crippen LogP contribution in [0.1, 0.15) is 34.3 Å². The molecule has 1 fully saturated rings. The molecule has 6 heteroatoms. The quantitative estimate of drug-likeness (QED) is 0.815. The molecular weight excluding hydrogens is 346 g/mol. The highest BCUT2D eigenvalue weighted by molar-refractivity contribution is 7.07. The van der Waals surface area contributed by atoms with E-state index in [1.807, 2.05) is 6.07 Å². The summed E-state index contributed by atoms with van der Waals surface area (Å²) in [5.74, 6) is -0.463. The summed E-state index contributed by atoms with van der Waals surface area (Å²) in [6.45, 7) is 2.59. The second-order valence-electron chi connectivity index (χ2n) is 7.45. The van der Waals surface area contributed by atoms with E-state index in [0.717, 1.165) is 25.2 Å². The maximum Gasteiger partial charge on any atom is 0.248 e. The highest BCUT2D eigenvalue weighted by atomic mass is 32.1. The molecule has 0 aliphatic carbocycles. The molecule has 3 rings (SSSR count). The van der Waals surface area contributed by atoms with Crippen LogP contribution in [0.3, 0.4) is 0 Å². The van der Waals surface area contributed by atoms with E-state index in [1.54, 1.807) is 29.5 Å². The number of carbonyl (C=O) groups excluding carboxylic acids is 1. The van der Waals surface area contributed by atoms with E-state index in [-0.39, 0.29) is 6.04 Å². The van der Waals surface area contributed by atoms with Crippen molar-refractivity contribution >= 4 is 17.2 Å². The van der Waals surface area contributed by atoms with Crippen LogP contribution in [0.4, 0.5) is 0 Å². The number of piperidine rings is 1. The van der Waals surface area contributed by atoms with E-state index in [9.17, 15) is 9.90 Å². The van der Waals surface area contributed by atoms with Crippen molar-refractivity contribution in [2.24, 2.45) is 5.73 Å². The molecule has 0 spiro atoms. The number of amides is 1. The zero-order valence-electron chi connectivity index (χ0n) is 15.4. The lowest BCUT2D eigenvalue weighted by Crippen LogP contribution is -2.52. The van der Waals surface area contributed by atoms with Crippen LogP contribution >= 0.6 is 11.3 Å². The van der Waals surface area contributed by atoms with Crippen LogP contribution in [0.5, 0.6) is 0 Å². The minimum absolute atomic E-state index is 0.237. The van der Waals surface area contributed by atoms with Gasteiger partial charge in [-0.25, -0.2) is 0 Å². The van der Waals surface area contributed by atoms with Crippen LogP contribution in [0, 0.1) is 0 Å². The number of hydrogen-bond donors (Lipinski definition) is 2. The highest BCUT2D eigenvalue weighted by Crippen LogP contribution is 2.37. The molecule has 3 N–H and O–H groups in total. The third-order valence-corrected chi connectivity index (χ3v) is 5.86. The Morgan fingerprint density at radius 3 is 2.88 bits per heavy atom. The summed E-state index contributed by atoms with van der Waals surface area (Å²) in [4.78, 5) is 16.1. The predicted octanol–water partition coefficient (Wildman–Crippen LogP) is 2.26. The Labute approximate surface area is 159 Å². The lowest BCUT2D eigenvalue weighted by Gasteiger charge is -2.45. The van der Waals surface area contributed by atoms with E-state index in [0.29, 0.717) is 18.4 Å². The van der Waals surface area contributed by atoms with Crippen LogP contribution < -0.4 is 5.73 Å². The Morgan fingerprint density at radius 1 is 1.42 bits per heavy atom. The smallest absolute Gasteiger partial charge is 0.248 e. The van der Waals surface area contributed by atoms with Gasteiger partial charge in [-0.2, -0.15) is 11.3 Å². The van der Waals surface area contributed by atoms with E-state index in [4.69, 9.17) is 5.73 Å². The summed E-state index contributed by atoms with van der Waals surface area (Å²) in [5.41, 5.74) is 7.03. The van der Waals surface area contributed by atoms with Crippen molar-refractivity contribution < 1.29 is 9.90 Å². The highest BCUT2D eigenvalue weighted by Gasteiger charge is 2.39. The third-order valence-electron chi connectivity index (χ3n) is 5.13. The van der Waals surface area contributed by atoms with Gasteiger partial charge in [-0.05, 0) is 67.0 Å². The van der Waals surface area contributed by atoms with Crippen LogP contribution in [0.15, 0.2) is 41.1 Å². The number of nitrogens with zero attached hydrogens (tertiary/aromatic N) is 2. The van der Waals surface area contributed by atoms with Crippen LogP contribution in [-0.2, 0) is 12.1 Å². The average molecular weight is 374 g/mol. The van der Waals surface area contributed by atoms with E-state index < -0.39 is 11.5 Å². The second kappa shape index (κ2) is 7.88. The number of likely N-dealkylation sites (tertiary alicyclic amines) is 1. The van der Waals surface area contributed by atoms with Gasteiger partial charge < -0.3 is 15.7 Å². The minimum atomic E-state index is -0.933. The molecule has 1 aliphatic rings. The van der Waals surface area contributed by atoms with Crippen LogP contribution in [-0.4, -0.2) is 54.0 Å². The molecule has 2 aromatic rings. The molecule has 0 radical (unpaired) electrons. The standard InChI is InChI=1S/C20H27N3O2S/c1-22(2)13-18-11-20(25,17-5-3-4-16(10-17)19(21)24)7-8-23(18)12-15-6-9-26-14-15/h3-6,9-10,14,18,25H,7-8,11-13H2,1-2H3,(H2,21,24). The number of carbonyl (C=O) groups is 1. The normalized spacial score (nSPS) is 24.1. The van der Waals surface area contributed by atoms with Gasteiger partial charge in [0.05, 0.1) is 5.60 Å². The Kier molecular flexibility index (Phi) is 5.77. The van der Waals surface area contributed by atoms with Crippen molar-refractivity contribution in [2.75, 3.05) is 27.2 Å². The first-order valence-electron chi connectivity index (χ1n) is 8.90. The summed E-state index contributed by atoms with van der Waals surface area (Å²) in [6, 6.07) is 9.52. The first-order chi connectivity index (χ1) is 12.4. The van der Waals surface area contributed by atoms with Gasteiger partial charge in [0.2, 0.25) is 5.91 Å². The lowest BCUT2D eigenvalue weighted by molar-refractivity contribution is -0.0588. The van der Waals surface area contributed by atoms with Gasteiger partial charge in [0.1, 0.15) is 0 Å². The van der Waals surface area contributed by atoms with Gasteiger partial charge in [-0.15, -0.1) is 0 Å². The SMILES string of the molecule is CN(C)CC1CC(O)(c2cccc(C(N)=O)c2)CCN1Cc1ccsc1. The molecule has 26 heavy (non-hydrogen) atoms. The molecular formula is C20H27N3O2S. The molecule has 1 saturated heterocycles. The maximum atomic E-state index is 11.5. The molecule has 0 bridgehead atoms. The zero-order chi connectivity index (χ0) is 18.7. The van der Waals surface area contributed by atoms with E-state index in [2.05, 4.69) is 40.7 Å². The number of primary amides is 1. The van der Waals surface area contributed by atoms with Crippen LogP contribution in [0.2, 0.25) is 0 Å². The Hall–Kier alpha value is -1.73. The summed E-state index contributed by atoms with van der Waals surface area (Å²) < 4.78 is 0. The van der Waals surface area contributed by atoms with E-state index in [1.165, 1.54) is 5.56 Å². The van der Waals surface area contributed by atoms with Gasteiger partial charge in [0, 0.05) is 31.2 Å². The van der Waals surface area contributed by atoms with Gasteiger partial charge in [-0.3, -0.25) is 9.69 Å². The van der Waals surface area contributed by atoms with Gasteiger partial charge in [-0.1, -0.05) is 12.1 Å². The number of hydrogen-bond acceptors (Lipinski definition) is 5. The van der Waals surface area contributed by atoms with Crippen molar-refractivity contribution in [3.8, 4) is 0 Å². The molecule has 1 aliphatic heterocycles. The molecule has 140 valence electrons. The Bertz CT molecular complexity index is 747. The summed E-state index contributed by atoms with van der Waals surface area (Å²) in [7, 11) is 4.12. The van der Waals surface area contributed by atoms with E-state index >= 15 is 0 Å². The topological polar surface area (TPSA) is 69.8 Å². The van der Waals surface area contributed by atoms with Gasteiger partial charge in [0.25, 0.3) is 0 Å². The van der Waals surface area contributed by atoms with Crippen molar-refractivity contribution in [1.82, 2.24) is 9.80 Å². The number of benzene rings is 1. The molecule has 2 heterocycles. The first kappa shape index (κ1) is 19.0.